The number of nitrogens with two attached hydrogens (primary N) is 2. The summed E-state index contributed by atoms with van der Waals surface area (Å²) in [4.78, 5) is 70.2. The minimum Gasteiger partial charge on any atom is -0.481 e. The van der Waals surface area contributed by atoms with Gasteiger partial charge in [0.15, 0.2) is 0 Å². The molecule has 4 atom stereocenters. The van der Waals surface area contributed by atoms with Gasteiger partial charge in [-0.25, -0.2) is 4.79 Å². The lowest BCUT2D eigenvalue weighted by atomic mass is 10.0. The van der Waals surface area contributed by atoms with Crippen LogP contribution in [0.3, 0.4) is 0 Å². The Morgan fingerprint density at radius 3 is 1.71 bits per heavy atom. The predicted molar refractivity (Wildman–Crippen MR) is 107 cm³/mol. The summed E-state index contributed by atoms with van der Waals surface area (Å²) in [6, 6.07) is -4.82. The first-order valence-electron chi connectivity index (χ1n) is 9.65. The largest absolute Gasteiger partial charge is 0.481 e. The molecule has 9 N–H and O–H groups in total. The van der Waals surface area contributed by atoms with Crippen LogP contribution >= 0.6 is 0 Å². The maximum absolute atomic E-state index is 12.7. The molecule has 13 heteroatoms. The Morgan fingerprint density at radius 1 is 0.774 bits per heavy atom. The number of aliphatic carboxylic acids is 2. The summed E-state index contributed by atoms with van der Waals surface area (Å²) in [6.07, 6.45) is -1.18. The van der Waals surface area contributed by atoms with Crippen molar-refractivity contribution in [3.05, 3.63) is 0 Å². The normalized spacial score (nSPS) is 14.6. The average Bonchev–Trinajstić information content (AvgIpc) is 2.64. The number of carboxylic acid groups (broad SMARTS) is 2. The number of primary amides is 1. The molecule has 0 bridgehead atoms. The van der Waals surface area contributed by atoms with Crippen molar-refractivity contribution in [2.45, 2.75) is 70.6 Å². The van der Waals surface area contributed by atoms with E-state index in [1.165, 1.54) is 6.92 Å². The minimum atomic E-state index is -1.40. The molecule has 0 aliphatic rings. The van der Waals surface area contributed by atoms with E-state index in [1.54, 1.807) is 13.8 Å². The molecule has 0 aliphatic carbocycles. The highest BCUT2D eigenvalue weighted by molar-refractivity contribution is 5.94. The van der Waals surface area contributed by atoms with Gasteiger partial charge >= 0.3 is 11.9 Å². The van der Waals surface area contributed by atoms with E-state index in [-0.39, 0.29) is 19.3 Å². The van der Waals surface area contributed by atoms with Gasteiger partial charge < -0.3 is 37.6 Å². The van der Waals surface area contributed by atoms with Crippen molar-refractivity contribution in [2.24, 2.45) is 17.4 Å². The van der Waals surface area contributed by atoms with Crippen LogP contribution in [-0.2, 0) is 28.8 Å². The lowest BCUT2D eigenvalue weighted by molar-refractivity contribution is -0.143. The van der Waals surface area contributed by atoms with Gasteiger partial charge in [0.25, 0.3) is 0 Å². The third kappa shape index (κ3) is 10.9. The van der Waals surface area contributed by atoms with Crippen LogP contribution in [0.1, 0.15) is 46.5 Å². The smallest absolute Gasteiger partial charge is 0.326 e. The highest BCUT2D eigenvalue weighted by Crippen LogP contribution is 2.07. The molecule has 0 saturated heterocycles. The maximum Gasteiger partial charge on any atom is 0.326 e. The molecule has 13 nitrogen and oxygen atoms in total. The molecule has 0 aromatic heterocycles. The van der Waals surface area contributed by atoms with Gasteiger partial charge in [-0.2, -0.15) is 0 Å². The number of carbonyl (C=O) groups excluding carboxylic acids is 4. The Labute approximate surface area is 179 Å². The number of hydrogen-bond donors (Lipinski definition) is 7. The summed E-state index contributed by atoms with van der Waals surface area (Å²) in [5.41, 5.74) is 10.5. The molecule has 0 saturated carbocycles. The zero-order valence-corrected chi connectivity index (χ0v) is 17.7. The van der Waals surface area contributed by atoms with Gasteiger partial charge in [-0.05, 0) is 25.7 Å². The van der Waals surface area contributed by atoms with Gasteiger partial charge in [-0.3, -0.25) is 24.0 Å². The Kier molecular flexibility index (Phi) is 11.8. The molecule has 0 aromatic rings. The SMILES string of the molecule is CC(N)C(=O)NC(CCC(=O)O)C(=O)NC(C(=O)NC(CCC(N)=O)C(=O)O)C(C)C. The van der Waals surface area contributed by atoms with Crippen LogP contribution in [0, 0.1) is 5.92 Å². The molecule has 4 unspecified atom stereocenters. The van der Waals surface area contributed by atoms with Gasteiger partial charge in [0, 0.05) is 12.8 Å². The maximum atomic E-state index is 12.7. The van der Waals surface area contributed by atoms with Crippen LogP contribution in [-0.4, -0.2) is 69.9 Å². The zero-order valence-electron chi connectivity index (χ0n) is 17.7. The standard InChI is InChI=1S/C18H31N5O8/c1-8(2)14(17(29)22-11(18(30)31)4-6-12(20)24)23-16(28)10(5-7-13(25)26)21-15(27)9(3)19/h8-11,14H,4-7,19H2,1-3H3,(H2,20,24)(H,21,27)(H,22,29)(H,23,28)(H,25,26)(H,30,31). The lowest BCUT2D eigenvalue weighted by Crippen LogP contribution is -2.58. The van der Waals surface area contributed by atoms with Crippen LogP contribution in [0.25, 0.3) is 0 Å². The first-order valence-corrected chi connectivity index (χ1v) is 9.65. The van der Waals surface area contributed by atoms with E-state index in [1.807, 2.05) is 0 Å². The molecule has 0 aliphatic heterocycles. The molecule has 31 heavy (non-hydrogen) atoms. The summed E-state index contributed by atoms with van der Waals surface area (Å²) in [6.45, 7) is 4.57. The summed E-state index contributed by atoms with van der Waals surface area (Å²) >= 11 is 0. The topological polar surface area (TPSA) is 231 Å². The second kappa shape index (κ2) is 13.2. The summed E-state index contributed by atoms with van der Waals surface area (Å²) in [5.74, 6) is -6.13. The highest BCUT2D eigenvalue weighted by Gasteiger charge is 2.31. The quantitative estimate of drug-likeness (QED) is 0.151. The van der Waals surface area contributed by atoms with Crippen LogP contribution < -0.4 is 27.4 Å². The molecule has 0 radical (unpaired) electrons. The van der Waals surface area contributed by atoms with Crippen molar-refractivity contribution in [1.29, 1.82) is 0 Å². The second-order valence-electron chi connectivity index (χ2n) is 7.42. The third-order valence-electron chi connectivity index (χ3n) is 4.23. The fourth-order valence-corrected chi connectivity index (χ4v) is 2.43. The molecule has 4 amide bonds. The molecule has 0 fully saturated rings. The second-order valence-corrected chi connectivity index (χ2v) is 7.42. The van der Waals surface area contributed by atoms with E-state index in [0.29, 0.717) is 0 Å². The van der Waals surface area contributed by atoms with E-state index < -0.39 is 72.1 Å². The minimum absolute atomic E-state index is 0.235. The van der Waals surface area contributed by atoms with E-state index in [2.05, 4.69) is 16.0 Å². The van der Waals surface area contributed by atoms with Gasteiger partial charge in [-0.15, -0.1) is 0 Å². The molecule has 0 aromatic carbocycles. The summed E-state index contributed by atoms with van der Waals surface area (Å²) in [5, 5.41) is 25.1. The average molecular weight is 445 g/mol. The van der Waals surface area contributed by atoms with Gasteiger partial charge in [0.05, 0.1) is 6.04 Å². The fraction of sp³-hybridized carbons (Fsp3) is 0.667. The Bertz CT molecular complexity index is 694. The summed E-state index contributed by atoms with van der Waals surface area (Å²) < 4.78 is 0. The Morgan fingerprint density at radius 2 is 1.29 bits per heavy atom. The van der Waals surface area contributed by atoms with E-state index in [9.17, 15) is 33.9 Å². The molecular formula is C18H31N5O8. The van der Waals surface area contributed by atoms with Crippen LogP contribution in [0.2, 0.25) is 0 Å². The predicted octanol–water partition coefficient (Wildman–Crippen LogP) is -2.34. The van der Waals surface area contributed by atoms with E-state index in [0.717, 1.165) is 0 Å². The number of nitrogens with one attached hydrogen (secondary N) is 3. The Balaban J connectivity index is 5.38. The first-order chi connectivity index (χ1) is 14.3. The van der Waals surface area contributed by atoms with E-state index >= 15 is 0 Å². The molecule has 176 valence electrons. The lowest BCUT2D eigenvalue weighted by Gasteiger charge is -2.26. The number of rotatable bonds is 14. The molecular weight excluding hydrogens is 414 g/mol. The van der Waals surface area contributed by atoms with Crippen LogP contribution in [0.5, 0.6) is 0 Å². The first kappa shape index (κ1) is 27.8. The number of amides is 4. The van der Waals surface area contributed by atoms with Crippen molar-refractivity contribution in [2.75, 3.05) is 0 Å². The number of carbonyl (C=O) groups is 6. The van der Waals surface area contributed by atoms with Crippen molar-refractivity contribution < 1.29 is 39.0 Å². The molecule has 0 spiro atoms. The van der Waals surface area contributed by atoms with Gasteiger partial charge in [0.2, 0.25) is 23.6 Å². The van der Waals surface area contributed by atoms with Gasteiger partial charge in [-0.1, -0.05) is 13.8 Å². The van der Waals surface area contributed by atoms with E-state index in [4.69, 9.17) is 16.6 Å². The third-order valence-corrected chi connectivity index (χ3v) is 4.23. The fourth-order valence-electron chi connectivity index (χ4n) is 2.43. The number of hydrogen-bond acceptors (Lipinski definition) is 7. The Hall–Kier alpha value is -3.22. The van der Waals surface area contributed by atoms with Crippen molar-refractivity contribution in [3.8, 4) is 0 Å². The molecule has 0 rings (SSSR count). The molecule has 0 heterocycles. The highest BCUT2D eigenvalue weighted by atomic mass is 16.4. The van der Waals surface area contributed by atoms with Gasteiger partial charge in [0.1, 0.15) is 18.1 Å². The zero-order chi connectivity index (χ0) is 24.3. The van der Waals surface area contributed by atoms with Crippen molar-refractivity contribution in [1.82, 2.24) is 16.0 Å². The summed E-state index contributed by atoms with van der Waals surface area (Å²) in [7, 11) is 0. The van der Waals surface area contributed by atoms with Crippen molar-refractivity contribution in [3.63, 3.8) is 0 Å². The monoisotopic (exact) mass is 445 g/mol. The number of carboxylic acids is 2. The van der Waals surface area contributed by atoms with Crippen molar-refractivity contribution >= 4 is 35.6 Å². The van der Waals surface area contributed by atoms with Crippen LogP contribution in [0.4, 0.5) is 0 Å². The van der Waals surface area contributed by atoms with Crippen LogP contribution in [0.15, 0.2) is 0 Å².